The molecule has 3 rings (SSSR count). The van der Waals surface area contributed by atoms with Crippen molar-refractivity contribution in [1.82, 2.24) is 10.2 Å². The number of hydrogen-bond donors (Lipinski definition) is 1. The van der Waals surface area contributed by atoms with Crippen molar-refractivity contribution in [2.75, 3.05) is 0 Å². The molecule has 0 aromatic carbocycles. The Morgan fingerprint density at radius 2 is 1.91 bits per heavy atom. The second-order valence-corrected chi connectivity index (χ2v) is 6.49. The van der Waals surface area contributed by atoms with E-state index in [1.165, 1.54) is 11.0 Å². The van der Waals surface area contributed by atoms with E-state index in [0.29, 0.717) is 9.53 Å². The van der Waals surface area contributed by atoms with Crippen LogP contribution in [0.5, 0.6) is 0 Å². The lowest BCUT2D eigenvalue weighted by Gasteiger charge is -2.35. The molecule has 22 heavy (non-hydrogen) atoms. The highest BCUT2D eigenvalue weighted by Gasteiger charge is 2.40. The Kier molecular flexibility index (Phi) is 4.32. The van der Waals surface area contributed by atoms with Crippen molar-refractivity contribution in [3.63, 3.8) is 0 Å². The van der Waals surface area contributed by atoms with Gasteiger partial charge >= 0.3 is 6.03 Å². The van der Waals surface area contributed by atoms with Crippen LogP contribution in [0.2, 0.25) is 0 Å². The number of barbiturate groups is 1. The first-order valence-corrected chi connectivity index (χ1v) is 8.30. The Hall–Kier alpha value is -1.64. The van der Waals surface area contributed by atoms with Gasteiger partial charge in [-0.15, -0.1) is 0 Å². The Bertz CT molecular complexity index is 658. The molecular weight excluding hydrogens is 399 g/mol. The predicted molar refractivity (Wildman–Crippen MR) is 86.7 cm³/mol. The van der Waals surface area contributed by atoms with Gasteiger partial charge in [-0.1, -0.05) is 19.3 Å². The average Bonchev–Trinajstić information content (AvgIpc) is 2.90. The Balaban J connectivity index is 1.90. The number of urea groups is 1. The highest BCUT2D eigenvalue weighted by Crippen LogP contribution is 2.26. The van der Waals surface area contributed by atoms with Crippen LogP contribution in [0.3, 0.4) is 0 Å². The summed E-state index contributed by atoms with van der Waals surface area (Å²) < 4.78 is 6.03. The molecule has 1 saturated heterocycles. The van der Waals surface area contributed by atoms with Crippen molar-refractivity contribution in [3.8, 4) is 0 Å². The molecule has 0 atom stereocenters. The standard InChI is InChI=1S/C15H15IN2O4/c16-12-7-6-10(22-12)8-11-13(19)17-15(21)18(14(11)20)9-4-2-1-3-5-9/h6-9H,1-5H2,(H,17,19,21). The highest BCUT2D eigenvalue weighted by atomic mass is 127. The lowest BCUT2D eigenvalue weighted by atomic mass is 9.93. The van der Waals surface area contributed by atoms with Crippen molar-refractivity contribution in [1.29, 1.82) is 0 Å². The van der Waals surface area contributed by atoms with Gasteiger partial charge in [0, 0.05) is 6.04 Å². The van der Waals surface area contributed by atoms with Crippen molar-refractivity contribution in [3.05, 3.63) is 27.2 Å². The minimum atomic E-state index is -0.673. The second kappa shape index (κ2) is 6.23. The van der Waals surface area contributed by atoms with Crippen molar-refractivity contribution >= 4 is 46.5 Å². The fourth-order valence-corrected chi connectivity index (χ4v) is 3.32. The zero-order valence-electron chi connectivity index (χ0n) is 11.8. The minimum Gasteiger partial charge on any atom is -0.451 e. The number of nitrogens with zero attached hydrogens (tertiary/aromatic N) is 1. The Labute approximate surface area is 141 Å². The number of amides is 4. The summed E-state index contributed by atoms with van der Waals surface area (Å²) in [5, 5.41) is 2.25. The smallest absolute Gasteiger partial charge is 0.331 e. The number of halogens is 1. The summed E-state index contributed by atoms with van der Waals surface area (Å²) in [6, 6.07) is 2.67. The van der Waals surface area contributed by atoms with Crippen molar-refractivity contribution < 1.29 is 18.8 Å². The maximum atomic E-state index is 12.6. The molecule has 1 aromatic heterocycles. The third-order valence-electron chi connectivity index (χ3n) is 3.95. The van der Waals surface area contributed by atoms with Crippen LogP contribution >= 0.6 is 22.6 Å². The van der Waals surface area contributed by atoms with E-state index in [9.17, 15) is 14.4 Å². The number of carbonyl (C=O) groups excluding carboxylic acids is 3. The lowest BCUT2D eigenvalue weighted by Crippen LogP contribution is -2.58. The SMILES string of the molecule is O=C1NC(=O)N(C2CCCCC2)C(=O)C1=Cc1ccc(I)o1. The van der Waals surface area contributed by atoms with E-state index in [-0.39, 0.29) is 11.6 Å². The number of rotatable bonds is 2. The van der Waals surface area contributed by atoms with Gasteiger partial charge < -0.3 is 4.42 Å². The van der Waals surface area contributed by atoms with E-state index in [2.05, 4.69) is 5.32 Å². The fraction of sp³-hybridized carbons (Fsp3) is 0.400. The van der Waals surface area contributed by atoms with Gasteiger partial charge in [0.1, 0.15) is 11.3 Å². The van der Waals surface area contributed by atoms with Crippen molar-refractivity contribution in [2.45, 2.75) is 38.1 Å². The lowest BCUT2D eigenvalue weighted by molar-refractivity contribution is -0.132. The monoisotopic (exact) mass is 414 g/mol. The quantitative estimate of drug-likeness (QED) is 0.459. The van der Waals surface area contributed by atoms with E-state index >= 15 is 0 Å². The second-order valence-electron chi connectivity index (χ2n) is 5.43. The van der Waals surface area contributed by atoms with Crippen LogP contribution in [0.25, 0.3) is 6.08 Å². The van der Waals surface area contributed by atoms with Crippen LogP contribution in [0.15, 0.2) is 22.1 Å². The van der Waals surface area contributed by atoms with E-state index < -0.39 is 17.8 Å². The zero-order valence-corrected chi connectivity index (χ0v) is 14.0. The van der Waals surface area contributed by atoms with Gasteiger partial charge in [0.05, 0.1) is 0 Å². The Morgan fingerprint density at radius 1 is 1.18 bits per heavy atom. The number of carbonyl (C=O) groups is 3. The van der Waals surface area contributed by atoms with Gasteiger partial charge in [-0.05, 0) is 53.6 Å². The zero-order chi connectivity index (χ0) is 15.7. The van der Waals surface area contributed by atoms with E-state index in [0.717, 1.165) is 32.1 Å². The summed E-state index contributed by atoms with van der Waals surface area (Å²) in [5.41, 5.74) is -0.0593. The van der Waals surface area contributed by atoms with Crippen LogP contribution < -0.4 is 5.32 Å². The molecule has 1 N–H and O–H groups in total. The summed E-state index contributed by atoms with van der Waals surface area (Å²) in [6.45, 7) is 0. The van der Waals surface area contributed by atoms with Gasteiger partial charge in [0.15, 0.2) is 3.77 Å². The summed E-state index contributed by atoms with van der Waals surface area (Å²) in [4.78, 5) is 37.8. The van der Waals surface area contributed by atoms with Gasteiger partial charge in [-0.3, -0.25) is 19.8 Å². The number of imide groups is 2. The molecule has 116 valence electrons. The van der Waals surface area contributed by atoms with E-state index in [4.69, 9.17) is 4.42 Å². The fourth-order valence-electron chi connectivity index (χ4n) is 2.89. The van der Waals surface area contributed by atoms with Crippen molar-refractivity contribution in [2.24, 2.45) is 0 Å². The number of furan rings is 1. The first-order chi connectivity index (χ1) is 10.6. The first kappa shape index (κ1) is 15.3. The normalized spacial score (nSPS) is 22.3. The summed E-state index contributed by atoms with van der Waals surface area (Å²) in [7, 11) is 0. The molecule has 6 nitrogen and oxygen atoms in total. The van der Waals surface area contributed by atoms with Gasteiger partial charge in [0.25, 0.3) is 11.8 Å². The van der Waals surface area contributed by atoms with E-state index in [1.807, 2.05) is 22.6 Å². The van der Waals surface area contributed by atoms with Gasteiger partial charge in [-0.2, -0.15) is 0 Å². The van der Waals surface area contributed by atoms with Gasteiger partial charge in [-0.25, -0.2) is 4.79 Å². The molecule has 4 amide bonds. The van der Waals surface area contributed by atoms with Crippen LogP contribution in [0, 0.1) is 3.77 Å². The predicted octanol–water partition coefficient (Wildman–Crippen LogP) is 2.68. The molecule has 1 aliphatic heterocycles. The van der Waals surface area contributed by atoms with Crippen LogP contribution in [-0.2, 0) is 9.59 Å². The van der Waals surface area contributed by atoms with Crippen LogP contribution in [0.1, 0.15) is 37.9 Å². The maximum absolute atomic E-state index is 12.6. The minimum absolute atomic E-state index is 0.0593. The topological polar surface area (TPSA) is 79.6 Å². The molecule has 0 bridgehead atoms. The van der Waals surface area contributed by atoms with E-state index in [1.54, 1.807) is 12.1 Å². The summed E-state index contributed by atoms with van der Waals surface area (Å²) in [5.74, 6) is -0.790. The molecule has 0 unspecified atom stereocenters. The molecule has 1 saturated carbocycles. The maximum Gasteiger partial charge on any atom is 0.331 e. The van der Waals surface area contributed by atoms with Gasteiger partial charge in [0.2, 0.25) is 0 Å². The third-order valence-corrected chi connectivity index (χ3v) is 4.53. The molecule has 2 fully saturated rings. The molecule has 2 heterocycles. The van der Waals surface area contributed by atoms with Crippen LogP contribution in [-0.4, -0.2) is 28.8 Å². The molecule has 0 radical (unpaired) electrons. The highest BCUT2D eigenvalue weighted by molar-refractivity contribution is 14.1. The Morgan fingerprint density at radius 3 is 2.55 bits per heavy atom. The molecule has 1 aromatic rings. The largest absolute Gasteiger partial charge is 0.451 e. The third kappa shape index (κ3) is 2.94. The summed E-state index contributed by atoms with van der Waals surface area (Å²) >= 11 is 2.00. The molecule has 2 aliphatic rings. The number of nitrogens with one attached hydrogen (secondary N) is 1. The van der Waals surface area contributed by atoms with Crippen LogP contribution in [0.4, 0.5) is 4.79 Å². The molecule has 7 heteroatoms. The molecule has 1 aliphatic carbocycles. The summed E-state index contributed by atoms with van der Waals surface area (Å²) in [6.07, 6.45) is 6.07. The average molecular weight is 414 g/mol. The number of hydrogen-bond acceptors (Lipinski definition) is 4. The molecule has 0 spiro atoms. The molecular formula is C15H15IN2O4. The first-order valence-electron chi connectivity index (χ1n) is 7.22.